The third-order valence-electron chi connectivity index (χ3n) is 5.63. The zero-order valence-corrected chi connectivity index (χ0v) is 18.2. The number of hydrogen-bond acceptors (Lipinski definition) is 5. The zero-order valence-electron chi connectivity index (χ0n) is 17.4. The molecule has 1 amide bonds. The van der Waals surface area contributed by atoms with Crippen LogP contribution in [0.4, 0.5) is 0 Å². The molecule has 2 heterocycles. The van der Waals surface area contributed by atoms with Crippen molar-refractivity contribution in [2.75, 3.05) is 13.1 Å². The van der Waals surface area contributed by atoms with Gasteiger partial charge in [0.2, 0.25) is 0 Å². The molecule has 0 spiro atoms. The molecule has 0 atom stereocenters. The van der Waals surface area contributed by atoms with E-state index in [-0.39, 0.29) is 11.4 Å². The Labute approximate surface area is 181 Å². The molecule has 2 aromatic carbocycles. The molecule has 0 unspecified atom stereocenters. The molecule has 0 fully saturated rings. The van der Waals surface area contributed by atoms with Gasteiger partial charge in [-0.3, -0.25) is 9.69 Å². The highest BCUT2D eigenvalue weighted by molar-refractivity contribution is 7.07. The number of nitrogens with one attached hydrogen (secondary N) is 1. The van der Waals surface area contributed by atoms with E-state index in [1.54, 1.807) is 22.9 Å². The predicted molar refractivity (Wildman–Crippen MR) is 120 cm³/mol. The van der Waals surface area contributed by atoms with E-state index in [0.29, 0.717) is 24.5 Å². The molecule has 1 N–H and O–H groups in total. The Hall–Kier alpha value is -2.70. The van der Waals surface area contributed by atoms with Crippen molar-refractivity contribution in [2.24, 2.45) is 0 Å². The third kappa shape index (κ3) is 4.89. The summed E-state index contributed by atoms with van der Waals surface area (Å²) in [5, 5.41) is 5.07. The van der Waals surface area contributed by atoms with E-state index in [2.05, 4.69) is 53.3 Å². The van der Waals surface area contributed by atoms with Crippen molar-refractivity contribution in [1.29, 1.82) is 0 Å². The number of benzene rings is 2. The molecule has 1 aliphatic rings. The summed E-state index contributed by atoms with van der Waals surface area (Å²) < 4.78 is 5.77. The third-order valence-corrected chi connectivity index (χ3v) is 6.27. The molecular weight excluding hydrogens is 394 g/mol. The summed E-state index contributed by atoms with van der Waals surface area (Å²) in [5.41, 5.74) is 5.95. The molecule has 4 rings (SSSR count). The van der Waals surface area contributed by atoms with Gasteiger partial charge in [0.05, 0.1) is 11.2 Å². The van der Waals surface area contributed by atoms with Gasteiger partial charge in [-0.25, -0.2) is 4.98 Å². The molecule has 0 aliphatic carbocycles. The molecule has 6 heteroatoms. The Morgan fingerprint density at radius 2 is 2.03 bits per heavy atom. The number of fused-ring (bicyclic) bond motifs is 1. The monoisotopic (exact) mass is 421 g/mol. The van der Waals surface area contributed by atoms with Gasteiger partial charge in [-0.1, -0.05) is 30.3 Å². The van der Waals surface area contributed by atoms with Crippen LogP contribution in [0.1, 0.15) is 41.0 Å². The van der Waals surface area contributed by atoms with Crippen LogP contribution in [-0.2, 0) is 19.6 Å². The molecule has 156 valence electrons. The van der Waals surface area contributed by atoms with E-state index >= 15 is 0 Å². The fraction of sp³-hybridized carbons (Fsp3) is 0.333. The summed E-state index contributed by atoms with van der Waals surface area (Å²) in [6.07, 6.45) is 1.05. The summed E-state index contributed by atoms with van der Waals surface area (Å²) in [5.74, 6) is 0.585. The summed E-state index contributed by atoms with van der Waals surface area (Å²) in [7, 11) is 0. The minimum atomic E-state index is -0.137. The lowest BCUT2D eigenvalue weighted by Crippen LogP contribution is -2.53. The number of ether oxygens (including phenoxy) is 1. The topological polar surface area (TPSA) is 54.5 Å². The van der Waals surface area contributed by atoms with Crippen molar-refractivity contribution in [3.63, 3.8) is 0 Å². The standard InChI is InChI=1S/C24H27N3O2S/c1-24(2,27-11-10-18-6-3-4-7-20(18)13-27)16-25-23(28)19-8-5-9-22(12-19)29-14-21-15-30-17-26-21/h3-9,12,15,17H,10-11,13-14,16H2,1-2H3,(H,25,28). The van der Waals surface area contributed by atoms with Crippen LogP contribution in [0.15, 0.2) is 59.4 Å². The Bertz CT molecular complexity index is 1000. The van der Waals surface area contributed by atoms with Crippen LogP contribution in [0.3, 0.4) is 0 Å². The van der Waals surface area contributed by atoms with E-state index in [0.717, 1.165) is 25.2 Å². The number of thiazole rings is 1. The number of rotatable bonds is 7. The highest BCUT2D eigenvalue weighted by Crippen LogP contribution is 2.25. The van der Waals surface area contributed by atoms with Crippen molar-refractivity contribution in [3.05, 3.63) is 81.8 Å². The van der Waals surface area contributed by atoms with Crippen molar-refractivity contribution in [3.8, 4) is 5.75 Å². The van der Waals surface area contributed by atoms with Gasteiger partial charge in [0.15, 0.2) is 0 Å². The summed E-state index contributed by atoms with van der Waals surface area (Å²) in [6.45, 7) is 7.28. The van der Waals surface area contributed by atoms with E-state index < -0.39 is 0 Å². The average molecular weight is 422 g/mol. The van der Waals surface area contributed by atoms with E-state index in [4.69, 9.17) is 4.74 Å². The van der Waals surface area contributed by atoms with Gasteiger partial charge in [-0.05, 0) is 49.6 Å². The molecule has 0 saturated carbocycles. The van der Waals surface area contributed by atoms with Gasteiger partial charge in [0.1, 0.15) is 12.4 Å². The molecule has 0 radical (unpaired) electrons. The molecular formula is C24H27N3O2S. The Balaban J connectivity index is 1.34. The van der Waals surface area contributed by atoms with Crippen LogP contribution in [0, 0.1) is 0 Å². The zero-order chi connectivity index (χ0) is 21.0. The SMILES string of the molecule is CC(C)(CNC(=O)c1cccc(OCc2cscn2)c1)N1CCc2ccccc2C1. The van der Waals surface area contributed by atoms with Gasteiger partial charge < -0.3 is 10.1 Å². The van der Waals surface area contributed by atoms with Crippen LogP contribution in [0.25, 0.3) is 0 Å². The normalized spacial score (nSPS) is 14.2. The second-order valence-corrected chi connectivity index (χ2v) is 8.95. The minimum absolute atomic E-state index is 0.0837. The molecule has 30 heavy (non-hydrogen) atoms. The van der Waals surface area contributed by atoms with Gasteiger partial charge in [0, 0.05) is 36.1 Å². The van der Waals surface area contributed by atoms with E-state index in [1.165, 1.54) is 11.1 Å². The lowest BCUT2D eigenvalue weighted by molar-refractivity contribution is 0.0826. The maximum Gasteiger partial charge on any atom is 0.251 e. The molecule has 0 bridgehead atoms. The van der Waals surface area contributed by atoms with Crippen LogP contribution >= 0.6 is 11.3 Å². The summed E-state index contributed by atoms with van der Waals surface area (Å²) in [6, 6.07) is 15.9. The fourth-order valence-electron chi connectivity index (χ4n) is 3.72. The van der Waals surface area contributed by atoms with Crippen molar-refractivity contribution < 1.29 is 9.53 Å². The highest BCUT2D eigenvalue weighted by atomic mass is 32.1. The number of nitrogens with zero attached hydrogens (tertiary/aromatic N) is 2. The number of amides is 1. The first-order chi connectivity index (χ1) is 14.5. The van der Waals surface area contributed by atoms with Gasteiger partial charge in [0.25, 0.3) is 5.91 Å². The maximum atomic E-state index is 12.8. The molecule has 0 saturated heterocycles. The Morgan fingerprint density at radius 3 is 2.83 bits per heavy atom. The maximum absolute atomic E-state index is 12.8. The first kappa shape index (κ1) is 20.6. The lowest BCUT2D eigenvalue weighted by Gasteiger charge is -2.41. The number of hydrogen-bond donors (Lipinski definition) is 1. The van der Waals surface area contributed by atoms with Gasteiger partial charge >= 0.3 is 0 Å². The second kappa shape index (κ2) is 8.98. The van der Waals surface area contributed by atoms with Crippen molar-refractivity contribution >= 4 is 17.2 Å². The van der Waals surface area contributed by atoms with Gasteiger partial charge in [-0.2, -0.15) is 0 Å². The Kier molecular flexibility index (Phi) is 6.16. The van der Waals surface area contributed by atoms with Crippen LogP contribution in [0.2, 0.25) is 0 Å². The lowest BCUT2D eigenvalue weighted by atomic mass is 9.94. The number of aromatic nitrogens is 1. The fourth-order valence-corrected chi connectivity index (χ4v) is 4.26. The quantitative estimate of drug-likeness (QED) is 0.618. The number of carbonyl (C=O) groups excluding carboxylic acids is 1. The second-order valence-electron chi connectivity index (χ2n) is 8.23. The van der Waals surface area contributed by atoms with Crippen LogP contribution in [0.5, 0.6) is 5.75 Å². The molecule has 1 aliphatic heterocycles. The average Bonchev–Trinajstić information content (AvgIpc) is 3.30. The predicted octanol–water partition coefficient (Wildman–Crippen LogP) is 4.29. The number of carbonyl (C=O) groups is 1. The highest BCUT2D eigenvalue weighted by Gasteiger charge is 2.30. The van der Waals surface area contributed by atoms with Crippen LogP contribution < -0.4 is 10.1 Å². The molecule has 1 aromatic heterocycles. The van der Waals surface area contributed by atoms with Crippen molar-refractivity contribution in [2.45, 2.75) is 39.0 Å². The van der Waals surface area contributed by atoms with E-state index in [9.17, 15) is 4.79 Å². The van der Waals surface area contributed by atoms with Crippen molar-refractivity contribution in [1.82, 2.24) is 15.2 Å². The van der Waals surface area contributed by atoms with Gasteiger partial charge in [-0.15, -0.1) is 11.3 Å². The summed E-state index contributed by atoms with van der Waals surface area (Å²) in [4.78, 5) is 19.4. The Morgan fingerprint density at radius 1 is 1.20 bits per heavy atom. The smallest absolute Gasteiger partial charge is 0.251 e. The van der Waals surface area contributed by atoms with Crippen LogP contribution in [-0.4, -0.2) is 34.4 Å². The van der Waals surface area contributed by atoms with E-state index in [1.807, 2.05) is 23.6 Å². The first-order valence-corrected chi connectivity index (χ1v) is 11.2. The molecule has 5 nitrogen and oxygen atoms in total. The minimum Gasteiger partial charge on any atom is -0.487 e. The largest absolute Gasteiger partial charge is 0.487 e. The molecule has 3 aromatic rings. The summed E-state index contributed by atoms with van der Waals surface area (Å²) >= 11 is 1.54. The first-order valence-electron chi connectivity index (χ1n) is 10.2.